The van der Waals surface area contributed by atoms with Crippen LogP contribution in [0.15, 0.2) is 10.2 Å². The molecule has 0 rings (SSSR count). The maximum Gasteiger partial charge on any atom is 0.109 e. The lowest BCUT2D eigenvalue weighted by Crippen LogP contribution is -2.03. The molecule has 0 atom stereocenters. The average Bonchev–Trinajstić information content (AvgIpc) is 1.61. The Morgan fingerprint density at radius 1 is 1.67 bits per heavy atom. The van der Waals surface area contributed by atoms with Gasteiger partial charge in [0.15, 0.2) is 0 Å². The van der Waals surface area contributed by atoms with Gasteiger partial charge in [0.2, 0.25) is 0 Å². The van der Waals surface area contributed by atoms with Gasteiger partial charge in [-0.25, -0.2) is 0 Å². The van der Waals surface area contributed by atoms with Gasteiger partial charge >= 0.3 is 0 Å². The Balaban J connectivity index is 2.66. The number of hydrogen-bond acceptors (Lipinski definition) is 3. The van der Waals surface area contributed by atoms with Gasteiger partial charge in [-0.1, -0.05) is 0 Å². The molecule has 0 bridgehead atoms. The van der Waals surface area contributed by atoms with E-state index in [9.17, 15) is 0 Å². The Kier molecular flexibility index (Phi) is 4.23. The van der Waals surface area contributed by atoms with Gasteiger partial charge in [0, 0.05) is 7.05 Å². The predicted octanol–water partition coefficient (Wildman–Crippen LogP) is 0.245. The van der Waals surface area contributed by atoms with E-state index in [2.05, 4.69) is 15.5 Å². The number of hydrogen-bond donors (Lipinski definition) is 1. The van der Waals surface area contributed by atoms with Crippen molar-refractivity contribution in [3.8, 4) is 0 Å². The van der Waals surface area contributed by atoms with E-state index in [1.54, 1.807) is 7.05 Å². The lowest BCUT2D eigenvalue weighted by atomic mass is 11.1. The van der Waals surface area contributed by atoms with E-state index in [1.807, 2.05) is 7.05 Å². The standard InChI is InChI=1S/C3H9N3/c1-4-3-6-5-2/h4H,3H2,1-2H3/b6-5+. The second kappa shape index (κ2) is 4.56. The van der Waals surface area contributed by atoms with E-state index in [0.717, 1.165) is 0 Å². The first-order valence-corrected chi connectivity index (χ1v) is 1.82. The third kappa shape index (κ3) is 3.56. The fourth-order valence-electron chi connectivity index (χ4n) is 0.141. The summed E-state index contributed by atoms with van der Waals surface area (Å²) < 4.78 is 0. The van der Waals surface area contributed by atoms with Crippen LogP contribution < -0.4 is 5.32 Å². The van der Waals surface area contributed by atoms with Crippen molar-refractivity contribution in [2.75, 3.05) is 20.8 Å². The normalized spacial score (nSPS) is 10.3. The second-order valence-electron chi connectivity index (χ2n) is 0.853. The summed E-state index contributed by atoms with van der Waals surface area (Å²) in [7, 11) is 3.48. The first-order chi connectivity index (χ1) is 2.91. The zero-order valence-corrected chi connectivity index (χ0v) is 4.10. The van der Waals surface area contributed by atoms with Crippen molar-refractivity contribution in [1.29, 1.82) is 0 Å². The molecule has 0 aromatic rings. The number of azo groups is 1. The van der Waals surface area contributed by atoms with Crippen molar-refractivity contribution in [2.45, 2.75) is 0 Å². The Morgan fingerprint density at radius 2 is 2.33 bits per heavy atom. The molecule has 0 aromatic heterocycles. The fourth-order valence-corrected chi connectivity index (χ4v) is 0.141. The Bertz CT molecular complexity index is 41.3. The molecular formula is C3H9N3. The van der Waals surface area contributed by atoms with Gasteiger partial charge < -0.3 is 0 Å². The lowest BCUT2D eigenvalue weighted by Gasteiger charge is -1.81. The third-order valence-electron chi connectivity index (χ3n) is 0.370. The summed E-state index contributed by atoms with van der Waals surface area (Å²) in [5.74, 6) is 0. The van der Waals surface area contributed by atoms with Crippen LogP contribution in [0.3, 0.4) is 0 Å². The van der Waals surface area contributed by atoms with Crippen molar-refractivity contribution >= 4 is 0 Å². The molecule has 0 spiro atoms. The van der Waals surface area contributed by atoms with Crippen LogP contribution in [-0.4, -0.2) is 20.8 Å². The van der Waals surface area contributed by atoms with E-state index in [4.69, 9.17) is 0 Å². The highest BCUT2D eigenvalue weighted by Crippen LogP contribution is 1.59. The lowest BCUT2D eigenvalue weighted by molar-refractivity contribution is 0.786. The molecule has 6 heavy (non-hydrogen) atoms. The molecule has 0 amide bonds. The summed E-state index contributed by atoms with van der Waals surface area (Å²) >= 11 is 0. The highest BCUT2D eigenvalue weighted by atomic mass is 15.1. The van der Waals surface area contributed by atoms with Crippen molar-refractivity contribution in [3.63, 3.8) is 0 Å². The van der Waals surface area contributed by atoms with Crippen LogP contribution in [0.4, 0.5) is 0 Å². The Morgan fingerprint density at radius 3 is 2.50 bits per heavy atom. The highest BCUT2D eigenvalue weighted by Gasteiger charge is 1.62. The van der Waals surface area contributed by atoms with Gasteiger partial charge in [0.25, 0.3) is 0 Å². The third-order valence-corrected chi connectivity index (χ3v) is 0.370. The minimum Gasteiger partial charge on any atom is -0.300 e. The molecule has 0 unspecified atom stereocenters. The summed E-state index contributed by atoms with van der Waals surface area (Å²) in [5.41, 5.74) is 0. The van der Waals surface area contributed by atoms with Gasteiger partial charge in [-0.15, -0.1) is 0 Å². The van der Waals surface area contributed by atoms with Crippen LogP contribution in [0, 0.1) is 0 Å². The van der Waals surface area contributed by atoms with Crippen LogP contribution in [0.2, 0.25) is 0 Å². The van der Waals surface area contributed by atoms with E-state index in [0.29, 0.717) is 6.67 Å². The van der Waals surface area contributed by atoms with Crippen LogP contribution in [-0.2, 0) is 0 Å². The van der Waals surface area contributed by atoms with Gasteiger partial charge in [-0.2, -0.15) is 10.2 Å². The minimum atomic E-state index is 0.622. The second-order valence-corrected chi connectivity index (χ2v) is 0.853. The number of nitrogens with zero attached hydrogens (tertiary/aromatic N) is 2. The van der Waals surface area contributed by atoms with Gasteiger partial charge in [-0.05, 0) is 7.05 Å². The SMILES string of the molecule is C/N=N/CNC. The summed E-state index contributed by atoms with van der Waals surface area (Å²) in [6, 6.07) is 0. The summed E-state index contributed by atoms with van der Waals surface area (Å²) in [5, 5.41) is 9.90. The zero-order chi connectivity index (χ0) is 4.83. The van der Waals surface area contributed by atoms with Crippen LogP contribution in [0.1, 0.15) is 0 Å². The molecule has 0 aliphatic carbocycles. The molecule has 3 nitrogen and oxygen atoms in total. The molecule has 0 saturated heterocycles. The summed E-state index contributed by atoms with van der Waals surface area (Å²) in [6.45, 7) is 0.622. The van der Waals surface area contributed by atoms with E-state index >= 15 is 0 Å². The van der Waals surface area contributed by atoms with Gasteiger partial charge in [-0.3, -0.25) is 5.32 Å². The molecule has 36 valence electrons. The van der Waals surface area contributed by atoms with E-state index in [1.165, 1.54) is 0 Å². The molecule has 0 aliphatic rings. The van der Waals surface area contributed by atoms with Crippen LogP contribution in [0.5, 0.6) is 0 Å². The van der Waals surface area contributed by atoms with Gasteiger partial charge in [0.1, 0.15) is 6.67 Å². The molecule has 0 aliphatic heterocycles. The van der Waals surface area contributed by atoms with E-state index < -0.39 is 0 Å². The molecule has 0 saturated carbocycles. The first-order valence-electron chi connectivity index (χ1n) is 1.82. The summed E-state index contributed by atoms with van der Waals surface area (Å²) in [4.78, 5) is 0. The van der Waals surface area contributed by atoms with Crippen LogP contribution in [0.25, 0.3) is 0 Å². The van der Waals surface area contributed by atoms with Crippen molar-refractivity contribution in [2.24, 2.45) is 10.2 Å². The Labute approximate surface area is 37.5 Å². The topological polar surface area (TPSA) is 36.8 Å². The quantitative estimate of drug-likeness (QED) is 0.481. The Hall–Kier alpha value is -0.440. The number of rotatable bonds is 2. The maximum absolute atomic E-state index is 3.60. The largest absolute Gasteiger partial charge is 0.300 e. The van der Waals surface area contributed by atoms with Crippen LogP contribution >= 0.6 is 0 Å². The highest BCUT2D eigenvalue weighted by molar-refractivity contribution is 4.23. The van der Waals surface area contributed by atoms with E-state index in [-0.39, 0.29) is 0 Å². The molecule has 0 heterocycles. The molecular weight excluding hydrogens is 78.1 g/mol. The van der Waals surface area contributed by atoms with Gasteiger partial charge in [0.05, 0.1) is 0 Å². The minimum absolute atomic E-state index is 0.622. The maximum atomic E-state index is 3.60. The zero-order valence-electron chi connectivity index (χ0n) is 4.10. The smallest absolute Gasteiger partial charge is 0.109 e. The molecule has 0 fully saturated rings. The molecule has 3 heteroatoms. The average molecular weight is 87.1 g/mol. The molecule has 1 N–H and O–H groups in total. The van der Waals surface area contributed by atoms with Crippen molar-refractivity contribution in [1.82, 2.24) is 5.32 Å². The van der Waals surface area contributed by atoms with Crippen molar-refractivity contribution < 1.29 is 0 Å². The molecule has 0 aromatic carbocycles. The predicted molar refractivity (Wildman–Crippen MR) is 24.7 cm³/mol. The fraction of sp³-hybridized carbons (Fsp3) is 1.00. The number of nitrogens with one attached hydrogen (secondary N) is 1. The summed E-state index contributed by atoms with van der Waals surface area (Å²) in [6.07, 6.45) is 0. The van der Waals surface area contributed by atoms with Crippen molar-refractivity contribution in [3.05, 3.63) is 0 Å². The monoisotopic (exact) mass is 87.1 g/mol. The first kappa shape index (κ1) is 5.56. The molecule has 0 radical (unpaired) electrons.